The van der Waals surface area contributed by atoms with Crippen molar-refractivity contribution in [2.75, 3.05) is 20.3 Å². The van der Waals surface area contributed by atoms with Crippen LogP contribution in [0.5, 0.6) is 0 Å². The molecule has 1 fully saturated rings. The first-order valence-electron chi connectivity index (χ1n) is 5.89. The van der Waals surface area contributed by atoms with Gasteiger partial charge in [-0.3, -0.25) is 0 Å². The zero-order valence-electron chi connectivity index (χ0n) is 9.88. The molecule has 0 spiro atoms. The Balaban J connectivity index is 2.09. The van der Waals surface area contributed by atoms with Gasteiger partial charge in [0.25, 0.3) is 0 Å². The molecule has 2 unspecified atom stereocenters. The van der Waals surface area contributed by atoms with Crippen molar-refractivity contribution in [3.05, 3.63) is 34.6 Å². The van der Waals surface area contributed by atoms with E-state index in [0.717, 1.165) is 31.6 Å². The molecule has 0 aliphatic carbocycles. The summed E-state index contributed by atoms with van der Waals surface area (Å²) < 4.78 is 18.6. The second kappa shape index (κ2) is 5.80. The third-order valence-corrected chi connectivity index (χ3v) is 3.72. The molecule has 1 aliphatic heterocycles. The molecule has 2 rings (SSSR count). The molecule has 0 bridgehead atoms. The van der Waals surface area contributed by atoms with Gasteiger partial charge in [-0.2, -0.15) is 0 Å². The van der Waals surface area contributed by atoms with E-state index in [4.69, 9.17) is 16.3 Å². The summed E-state index contributed by atoms with van der Waals surface area (Å²) in [6.07, 6.45) is 1.79. The van der Waals surface area contributed by atoms with Gasteiger partial charge in [-0.25, -0.2) is 4.39 Å². The molecule has 0 saturated carbocycles. The fraction of sp³-hybridized carbons (Fsp3) is 0.538. The molecule has 1 aliphatic rings. The van der Waals surface area contributed by atoms with Crippen LogP contribution in [-0.2, 0) is 11.2 Å². The van der Waals surface area contributed by atoms with Crippen LogP contribution < -0.4 is 5.32 Å². The van der Waals surface area contributed by atoms with E-state index in [1.165, 1.54) is 12.1 Å². The van der Waals surface area contributed by atoms with Crippen molar-refractivity contribution in [1.82, 2.24) is 5.32 Å². The molecular formula is C13H17ClFNO. The molecule has 1 aromatic carbocycles. The van der Waals surface area contributed by atoms with Crippen molar-refractivity contribution in [1.29, 1.82) is 0 Å². The second-order valence-corrected chi connectivity index (χ2v) is 4.87. The van der Waals surface area contributed by atoms with Crippen molar-refractivity contribution < 1.29 is 9.13 Å². The Bertz CT molecular complexity index is 380. The van der Waals surface area contributed by atoms with Crippen LogP contribution in [0.4, 0.5) is 4.39 Å². The molecule has 1 aromatic rings. The highest BCUT2D eigenvalue weighted by Crippen LogP contribution is 2.24. The van der Waals surface area contributed by atoms with Gasteiger partial charge < -0.3 is 10.1 Å². The second-order valence-electron chi connectivity index (χ2n) is 4.46. The van der Waals surface area contributed by atoms with Crippen molar-refractivity contribution in [2.24, 2.45) is 5.92 Å². The maximum atomic E-state index is 13.2. The van der Waals surface area contributed by atoms with Gasteiger partial charge in [0.15, 0.2) is 0 Å². The molecule has 0 radical (unpaired) electrons. The molecule has 0 amide bonds. The lowest BCUT2D eigenvalue weighted by atomic mass is 9.93. The highest BCUT2D eigenvalue weighted by molar-refractivity contribution is 6.31. The molecule has 1 heterocycles. The van der Waals surface area contributed by atoms with Gasteiger partial charge in [0.05, 0.1) is 6.61 Å². The summed E-state index contributed by atoms with van der Waals surface area (Å²) in [7, 11) is 1.93. The minimum Gasteiger partial charge on any atom is -0.381 e. The molecule has 4 heteroatoms. The minimum atomic E-state index is -0.234. The zero-order valence-corrected chi connectivity index (χ0v) is 10.6. The number of ether oxygens (including phenoxy) is 1. The standard InChI is InChI=1S/C13H17ClFNO/c1-16-13(9-4-5-17-8-9)7-10-6-11(15)2-3-12(10)14/h2-3,6,9,13,16H,4-5,7-8H2,1H3. The van der Waals surface area contributed by atoms with Crippen molar-refractivity contribution in [2.45, 2.75) is 18.9 Å². The van der Waals surface area contributed by atoms with Crippen LogP contribution in [0.15, 0.2) is 18.2 Å². The molecule has 0 aromatic heterocycles. The molecule has 1 N–H and O–H groups in total. The van der Waals surface area contributed by atoms with Gasteiger partial charge in [0.2, 0.25) is 0 Å². The maximum Gasteiger partial charge on any atom is 0.123 e. The number of nitrogens with one attached hydrogen (secondary N) is 1. The number of halogens is 2. The van der Waals surface area contributed by atoms with E-state index >= 15 is 0 Å². The van der Waals surface area contributed by atoms with Gasteiger partial charge >= 0.3 is 0 Å². The Morgan fingerprint density at radius 2 is 2.41 bits per heavy atom. The molecular weight excluding hydrogens is 241 g/mol. The summed E-state index contributed by atoms with van der Waals surface area (Å²) in [5.41, 5.74) is 0.859. The van der Waals surface area contributed by atoms with Crippen LogP contribution in [0.2, 0.25) is 5.02 Å². The van der Waals surface area contributed by atoms with Crippen LogP contribution in [0.3, 0.4) is 0 Å². The molecule has 17 heavy (non-hydrogen) atoms. The van der Waals surface area contributed by atoms with Gasteiger partial charge in [-0.05, 0) is 43.7 Å². The van der Waals surface area contributed by atoms with Crippen LogP contribution >= 0.6 is 11.6 Å². The Morgan fingerprint density at radius 3 is 3.06 bits per heavy atom. The summed E-state index contributed by atoms with van der Waals surface area (Å²) in [5.74, 6) is 0.251. The first kappa shape index (κ1) is 12.8. The highest BCUT2D eigenvalue weighted by atomic mass is 35.5. The average Bonchev–Trinajstić information content (AvgIpc) is 2.84. The molecule has 1 saturated heterocycles. The SMILES string of the molecule is CNC(Cc1cc(F)ccc1Cl)C1CCOC1. The Labute approximate surface area is 106 Å². The molecule has 2 nitrogen and oxygen atoms in total. The monoisotopic (exact) mass is 257 g/mol. The first-order chi connectivity index (χ1) is 8.20. The predicted octanol–water partition coefficient (Wildman–Crippen LogP) is 2.65. The van der Waals surface area contributed by atoms with Gasteiger partial charge in [-0.1, -0.05) is 11.6 Å². The average molecular weight is 258 g/mol. The van der Waals surface area contributed by atoms with Crippen LogP contribution in [0.25, 0.3) is 0 Å². The summed E-state index contributed by atoms with van der Waals surface area (Å²) in [5, 5.41) is 3.91. The largest absolute Gasteiger partial charge is 0.381 e. The van der Waals surface area contributed by atoms with E-state index in [-0.39, 0.29) is 11.9 Å². The Kier molecular flexibility index (Phi) is 4.37. The van der Waals surface area contributed by atoms with Crippen LogP contribution in [0.1, 0.15) is 12.0 Å². The van der Waals surface area contributed by atoms with Crippen LogP contribution in [0, 0.1) is 11.7 Å². The van der Waals surface area contributed by atoms with E-state index in [1.807, 2.05) is 7.05 Å². The number of likely N-dealkylation sites (N-methyl/N-ethyl adjacent to an activating group) is 1. The highest BCUT2D eigenvalue weighted by Gasteiger charge is 2.25. The van der Waals surface area contributed by atoms with E-state index in [9.17, 15) is 4.39 Å². The van der Waals surface area contributed by atoms with E-state index in [1.54, 1.807) is 6.07 Å². The third kappa shape index (κ3) is 3.18. The fourth-order valence-electron chi connectivity index (χ4n) is 2.31. The zero-order chi connectivity index (χ0) is 12.3. The van der Waals surface area contributed by atoms with Gasteiger partial charge in [0.1, 0.15) is 5.82 Å². The number of rotatable bonds is 4. The fourth-order valence-corrected chi connectivity index (χ4v) is 2.51. The maximum absolute atomic E-state index is 13.2. The lowest BCUT2D eigenvalue weighted by molar-refractivity contribution is 0.177. The first-order valence-corrected chi connectivity index (χ1v) is 6.27. The van der Waals surface area contributed by atoms with Crippen molar-refractivity contribution in [3.8, 4) is 0 Å². The predicted molar refractivity (Wildman–Crippen MR) is 66.9 cm³/mol. The topological polar surface area (TPSA) is 21.3 Å². The minimum absolute atomic E-state index is 0.234. The number of benzene rings is 1. The van der Waals surface area contributed by atoms with Gasteiger partial charge in [-0.15, -0.1) is 0 Å². The summed E-state index contributed by atoms with van der Waals surface area (Å²) in [6.45, 7) is 1.60. The van der Waals surface area contributed by atoms with E-state index in [2.05, 4.69) is 5.32 Å². The summed E-state index contributed by atoms with van der Waals surface area (Å²) in [4.78, 5) is 0. The Morgan fingerprint density at radius 1 is 1.59 bits per heavy atom. The molecule has 94 valence electrons. The van der Waals surface area contributed by atoms with Crippen LogP contribution in [-0.4, -0.2) is 26.3 Å². The van der Waals surface area contributed by atoms with E-state index in [0.29, 0.717) is 10.9 Å². The normalized spacial score (nSPS) is 21.7. The lowest BCUT2D eigenvalue weighted by Crippen LogP contribution is -2.36. The summed E-state index contributed by atoms with van der Waals surface area (Å²) in [6, 6.07) is 4.81. The number of hydrogen-bond donors (Lipinski definition) is 1. The van der Waals surface area contributed by atoms with Crippen molar-refractivity contribution >= 4 is 11.6 Å². The smallest absolute Gasteiger partial charge is 0.123 e. The quantitative estimate of drug-likeness (QED) is 0.895. The summed E-state index contributed by atoms with van der Waals surface area (Å²) >= 11 is 6.08. The molecule has 2 atom stereocenters. The number of hydrogen-bond acceptors (Lipinski definition) is 2. The Hall–Kier alpha value is -0.640. The van der Waals surface area contributed by atoms with Crippen molar-refractivity contribution in [3.63, 3.8) is 0 Å². The van der Waals surface area contributed by atoms with E-state index < -0.39 is 0 Å². The third-order valence-electron chi connectivity index (χ3n) is 3.35. The lowest BCUT2D eigenvalue weighted by Gasteiger charge is -2.22. The van der Waals surface area contributed by atoms with Gasteiger partial charge in [0, 0.05) is 23.6 Å².